The predicted octanol–water partition coefficient (Wildman–Crippen LogP) is 3.78. The maximum absolute atomic E-state index is 6.14. The molecule has 2 atom stereocenters. The first-order valence-corrected chi connectivity index (χ1v) is 7.98. The highest BCUT2D eigenvalue weighted by atomic mass is 16.5. The summed E-state index contributed by atoms with van der Waals surface area (Å²) in [5.41, 5.74) is 4.14. The molecule has 2 rings (SSSR count). The first-order valence-electron chi connectivity index (χ1n) is 7.98. The van der Waals surface area contributed by atoms with Gasteiger partial charge in [0.05, 0.1) is 5.60 Å². The first kappa shape index (κ1) is 15.5. The summed E-state index contributed by atoms with van der Waals surface area (Å²) in [4.78, 5) is 0. The highest BCUT2D eigenvalue weighted by molar-refractivity contribution is 5.30. The minimum atomic E-state index is -0.0208. The molecular weight excluding hydrogens is 246 g/mol. The molecule has 112 valence electrons. The fourth-order valence-corrected chi connectivity index (χ4v) is 3.15. The standard InChI is InChI=1S/C18H29NO/c1-5-19-17(18(4)10-6-7-11-20-18)13-16-9-8-14(2)15(3)12-16/h8-9,12,17,19H,5-7,10-11,13H2,1-4H3. The van der Waals surface area contributed by atoms with Crippen molar-refractivity contribution in [3.63, 3.8) is 0 Å². The van der Waals surface area contributed by atoms with Crippen LogP contribution in [0.15, 0.2) is 18.2 Å². The topological polar surface area (TPSA) is 21.3 Å². The Morgan fingerprint density at radius 1 is 1.25 bits per heavy atom. The molecule has 0 radical (unpaired) electrons. The average molecular weight is 275 g/mol. The quantitative estimate of drug-likeness (QED) is 0.883. The van der Waals surface area contributed by atoms with Crippen molar-refractivity contribution in [1.82, 2.24) is 5.32 Å². The van der Waals surface area contributed by atoms with Crippen molar-refractivity contribution < 1.29 is 4.74 Å². The fourth-order valence-electron chi connectivity index (χ4n) is 3.15. The van der Waals surface area contributed by atoms with Gasteiger partial charge in [-0.2, -0.15) is 0 Å². The van der Waals surface area contributed by atoms with Crippen LogP contribution >= 0.6 is 0 Å². The summed E-state index contributed by atoms with van der Waals surface area (Å²) in [6.07, 6.45) is 4.70. The SMILES string of the molecule is CCNC(Cc1ccc(C)c(C)c1)C1(C)CCCCO1. The van der Waals surface area contributed by atoms with Gasteiger partial charge in [-0.05, 0) is 69.7 Å². The highest BCUT2D eigenvalue weighted by Gasteiger charge is 2.36. The molecule has 1 heterocycles. The molecule has 0 aliphatic carbocycles. The lowest BCUT2D eigenvalue weighted by atomic mass is 9.84. The fraction of sp³-hybridized carbons (Fsp3) is 0.667. The van der Waals surface area contributed by atoms with E-state index in [9.17, 15) is 0 Å². The van der Waals surface area contributed by atoms with Crippen LogP contribution in [0.2, 0.25) is 0 Å². The van der Waals surface area contributed by atoms with Gasteiger partial charge in [0, 0.05) is 12.6 Å². The van der Waals surface area contributed by atoms with E-state index in [0.717, 1.165) is 26.0 Å². The summed E-state index contributed by atoms with van der Waals surface area (Å²) in [7, 11) is 0. The van der Waals surface area contributed by atoms with Crippen LogP contribution in [0.4, 0.5) is 0 Å². The van der Waals surface area contributed by atoms with E-state index in [4.69, 9.17) is 4.74 Å². The smallest absolute Gasteiger partial charge is 0.0810 e. The lowest BCUT2D eigenvalue weighted by molar-refractivity contribution is -0.0881. The summed E-state index contributed by atoms with van der Waals surface area (Å²) in [5, 5.41) is 3.65. The normalized spacial score (nSPS) is 24.6. The number of benzene rings is 1. The molecule has 0 bridgehead atoms. The Balaban J connectivity index is 2.13. The van der Waals surface area contributed by atoms with Gasteiger partial charge in [-0.3, -0.25) is 0 Å². The Hall–Kier alpha value is -0.860. The maximum Gasteiger partial charge on any atom is 0.0810 e. The van der Waals surface area contributed by atoms with Crippen LogP contribution in [0, 0.1) is 13.8 Å². The molecule has 0 saturated carbocycles. The molecule has 1 aromatic rings. The van der Waals surface area contributed by atoms with Crippen LogP contribution in [0.3, 0.4) is 0 Å². The number of rotatable bonds is 5. The molecule has 1 saturated heterocycles. The summed E-state index contributed by atoms with van der Waals surface area (Å²) in [6, 6.07) is 7.22. The van der Waals surface area contributed by atoms with Crippen LogP contribution in [0.1, 0.15) is 49.8 Å². The van der Waals surface area contributed by atoms with E-state index in [-0.39, 0.29) is 5.60 Å². The van der Waals surface area contributed by atoms with Crippen LogP contribution in [-0.2, 0) is 11.2 Å². The summed E-state index contributed by atoms with van der Waals surface area (Å²) in [6.45, 7) is 10.7. The zero-order valence-corrected chi connectivity index (χ0v) is 13.5. The van der Waals surface area contributed by atoms with Gasteiger partial charge in [0.2, 0.25) is 0 Å². The van der Waals surface area contributed by atoms with E-state index in [1.807, 2.05) is 0 Å². The monoisotopic (exact) mass is 275 g/mol. The molecule has 2 nitrogen and oxygen atoms in total. The summed E-state index contributed by atoms with van der Waals surface area (Å²) < 4.78 is 6.14. The third-order valence-electron chi connectivity index (χ3n) is 4.70. The van der Waals surface area contributed by atoms with E-state index in [0.29, 0.717) is 6.04 Å². The number of likely N-dealkylation sites (N-methyl/N-ethyl adjacent to an activating group) is 1. The molecule has 1 fully saturated rings. The van der Waals surface area contributed by atoms with Crippen LogP contribution in [0.25, 0.3) is 0 Å². The zero-order chi connectivity index (χ0) is 14.6. The second-order valence-electron chi connectivity index (χ2n) is 6.35. The Morgan fingerprint density at radius 2 is 2.05 bits per heavy atom. The Morgan fingerprint density at radius 3 is 2.65 bits per heavy atom. The molecule has 1 N–H and O–H groups in total. The van der Waals surface area contributed by atoms with Gasteiger partial charge < -0.3 is 10.1 Å². The van der Waals surface area contributed by atoms with Crippen molar-refractivity contribution in [1.29, 1.82) is 0 Å². The summed E-state index contributed by atoms with van der Waals surface area (Å²) >= 11 is 0. The van der Waals surface area contributed by atoms with Gasteiger partial charge in [0.25, 0.3) is 0 Å². The van der Waals surface area contributed by atoms with Gasteiger partial charge >= 0.3 is 0 Å². The molecule has 20 heavy (non-hydrogen) atoms. The van der Waals surface area contributed by atoms with Crippen molar-refractivity contribution in [2.75, 3.05) is 13.2 Å². The second-order valence-corrected chi connectivity index (χ2v) is 6.35. The second kappa shape index (κ2) is 6.73. The van der Waals surface area contributed by atoms with E-state index in [1.165, 1.54) is 29.5 Å². The van der Waals surface area contributed by atoms with Crippen molar-refractivity contribution >= 4 is 0 Å². The molecular formula is C18H29NO. The van der Waals surface area contributed by atoms with E-state index in [2.05, 4.69) is 51.2 Å². The Kier molecular flexibility index (Phi) is 5.22. The van der Waals surface area contributed by atoms with Crippen molar-refractivity contribution in [2.24, 2.45) is 0 Å². The third-order valence-corrected chi connectivity index (χ3v) is 4.70. The maximum atomic E-state index is 6.14. The molecule has 0 aromatic heterocycles. The van der Waals surface area contributed by atoms with Gasteiger partial charge in [-0.15, -0.1) is 0 Å². The lowest BCUT2D eigenvalue weighted by Crippen LogP contribution is -2.53. The third kappa shape index (κ3) is 3.62. The lowest BCUT2D eigenvalue weighted by Gasteiger charge is -2.41. The van der Waals surface area contributed by atoms with Gasteiger partial charge in [0.15, 0.2) is 0 Å². The Bertz CT molecular complexity index is 435. The van der Waals surface area contributed by atoms with E-state index < -0.39 is 0 Å². The molecule has 0 spiro atoms. The molecule has 1 aliphatic rings. The minimum Gasteiger partial charge on any atom is -0.374 e. The number of hydrogen-bond acceptors (Lipinski definition) is 2. The number of nitrogens with one attached hydrogen (secondary N) is 1. The van der Waals surface area contributed by atoms with Crippen LogP contribution in [0.5, 0.6) is 0 Å². The van der Waals surface area contributed by atoms with Crippen LogP contribution in [-0.4, -0.2) is 24.8 Å². The molecule has 1 aliphatic heterocycles. The molecule has 2 heteroatoms. The molecule has 2 unspecified atom stereocenters. The van der Waals surface area contributed by atoms with Crippen molar-refractivity contribution in [3.8, 4) is 0 Å². The van der Waals surface area contributed by atoms with Gasteiger partial charge in [-0.1, -0.05) is 25.1 Å². The first-order chi connectivity index (χ1) is 9.55. The highest BCUT2D eigenvalue weighted by Crippen LogP contribution is 2.30. The summed E-state index contributed by atoms with van der Waals surface area (Å²) in [5.74, 6) is 0. The van der Waals surface area contributed by atoms with Crippen molar-refractivity contribution in [2.45, 2.75) is 65.0 Å². The predicted molar refractivity (Wildman–Crippen MR) is 85.3 cm³/mol. The zero-order valence-electron chi connectivity index (χ0n) is 13.5. The van der Waals surface area contributed by atoms with Crippen molar-refractivity contribution in [3.05, 3.63) is 34.9 Å². The number of hydrogen-bond donors (Lipinski definition) is 1. The minimum absolute atomic E-state index is 0.0208. The largest absolute Gasteiger partial charge is 0.374 e. The Labute approximate surface area is 123 Å². The van der Waals surface area contributed by atoms with E-state index in [1.54, 1.807) is 0 Å². The average Bonchev–Trinajstić information content (AvgIpc) is 2.43. The molecule has 1 aromatic carbocycles. The molecule has 0 amide bonds. The van der Waals surface area contributed by atoms with Gasteiger partial charge in [0.1, 0.15) is 0 Å². The van der Waals surface area contributed by atoms with Gasteiger partial charge in [-0.25, -0.2) is 0 Å². The van der Waals surface area contributed by atoms with E-state index >= 15 is 0 Å². The number of aryl methyl sites for hydroxylation is 2. The number of ether oxygens (including phenoxy) is 1. The van der Waals surface area contributed by atoms with Crippen LogP contribution < -0.4 is 5.32 Å².